The van der Waals surface area contributed by atoms with E-state index in [0.29, 0.717) is 18.6 Å². The molecule has 0 unspecified atom stereocenters. The van der Waals surface area contributed by atoms with Gasteiger partial charge >= 0.3 is 5.63 Å². The van der Waals surface area contributed by atoms with Crippen LogP contribution < -0.4 is 10.4 Å². The van der Waals surface area contributed by atoms with Gasteiger partial charge in [-0.1, -0.05) is 41.5 Å². The van der Waals surface area contributed by atoms with Gasteiger partial charge < -0.3 is 9.15 Å². The summed E-state index contributed by atoms with van der Waals surface area (Å²) in [6, 6.07) is 15.4. The highest BCUT2D eigenvalue weighted by molar-refractivity contribution is 5.82. The minimum atomic E-state index is -0.346. The Morgan fingerprint density at radius 1 is 1.12 bits per heavy atom. The molecule has 0 fully saturated rings. The zero-order chi connectivity index (χ0) is 17.8. The van der Waals surface area contributed by atoms with Gasteiger partial charge in [0.25, 0.3) is 0 Å². The lowest BCUT2D eigenvalue weighted by atomic mass is 10.1. The first-order valence-electron chi connectivity index (χ1n) is 8.40. The largest absolute Gasteiger partial charge is 0.488 e. The van der Waals surface area contributed by atoms with Gasteiger partial charge in [-0.3, -0.25) is 0 Å². The number of benzene rings is 2. The Kier molecular flexibility index (Phi) is 5.03. The van der Waals surface area contributed by atoms with Crippen molar-refractivity contribution in [3.63, 3.8) is 0 Å². The fourth-order valence-corrected chi connectivity index (χ4v) is 2.77. The van der Waals surface area contributed by atoms with Crippen molar-refractivity contribution in [2.24, 2.45) is 0 Å². The van der Waals surface area contributed by atoms with Crippen LogP contribution in [0.1, 0.15) is 30.5 Å². The Morgan fingerprint density at radius 3 is 2.68 bits per heavy atom. The molecule has 3 heteroatoms. The standard InChI is InChI=1S/C22H22O3/c1-15(2)7-10-19-20(24-14-17-6-4-5-16(3)13-17)11-8-18-9-12-21(23)25-22(18)19/h4-9,11-13H,10,14H2,1-3H3. The number of rotatable bonds is 5. The second kappa shape index (κ2) is 7.39. The maximum atomic E-state index is 11.7. The molecular formula is C22H22O3. The number of allylic oxidation sites excluding steroid dienone is 2. The molecule has 3 aromatic rings. The molecule has 0 radical (unpaired) electrons. The maximum absolute atomic E-state index is 11.7. The summed E-state index contributed by atoms with van der Waals surface area (Å²) < 4.78 is 11.5. The van der Waals surface area contributed by atoms with E-state index < -0.39 is 0 Å². The lowest BCUT2D eigenvalue weighted by Gasteiger charge is -2.13. The smallest absolute Gasteiger partial charge is 0.336 e. The van der Waals surface area contributed by atoms with Crippen LogP contribution in [0.3, 0.4) is 0 Å². The Hall–Kier alpha value is -2.81. The van der Waals surface area contributed by atoms with Gasteiger partial charge in [-0.25, -0.2) is 4.79 Å². The second-order valence-corrected chi connectivity index (χ2v) is 6.48. The molecule has 25 heavy (non-hydrogen) atoms. The highest BCUT2D eigenvalue weighted by atomic mass is 16.5. The Labute approximate surface area is 147 Å². The summed E-state index contributed by atoms with van der Waals surface area (Å²) in [5, 5.41) is 0.902. The topological polar surface area (TPSA) is 39.4 Å². The SMILES string of the molecule is CC(C)=CCc1c(OCc2cccc(C)c2)ccc2ccc(=O)oc12. The van der Waals surface area contributed by atoms with E-state index in [0.717, 1.165) is 22.3 Å². The molecular weight excluding hydrogens is 312 g/mol. The van der Waals surface area contributed by atoms with Gasteiger partial charge in [0.1, 0.15) is 17.9 Å². The lowest BCUT2D eigenvalue weighted by Crippen LogP contribution is -2.02. The summed E-state index contributed by atoms with van der Waals surface area (Å²) in [6.07, 6.45) is 2.77. The van der Waals surface area contributed by atoms with Crippen LogP contribution >= 0.6 is 0 Å². The quantitative estimate of drug-likeness (QED) is 0.476. The average molecular weight is 334 g/mol. The molecule has 0 N–H and O–H groups in total. The van der Waals surface area contributed by atoms with E-state index in [-0.39, 0.29) is 5.63 Å². The minimum Gasteiger partial charge on any atom is -0.488 e. The fourth-order valence-electron chi connectivity index (χ4n) is 2.77. The average Bonchev–Trinajstić information content (AvgIpc) is 2.58. The van der Waals surface area contributed by atoms with Crippen LogP contribution in [0.2, 0.25) is 0 Å². The third-order valence-corrected chi connectivity index (χ3v) is 4.04. The van der Waals surface area contributed by atoms with E-state index in [4.69, 9.17) is 9.15 Å². The van der Waals surface area contributed by atoms with Crippen LogP contribution in [0.15, 0.2) is 69.4 Å². The van der Waals surface area contributed by atoms with Crippen molar-refractivity contribution in [1.29, 1.82) is 0 Å². The maximum Gasteiger partial charge on any atom is 0.336 e. The molecule has 0 saturated carbocycles. The highest BCUT2D eigenvalue weighted by Gasteiger charge is 2.11. The van der Waals surface area contributed by atoms with Gasteiger partial charge in [0.05, 0.1) is 0 Å². The van der Waals surface area contributed by atoms with Crippen molar-refractivity contribution >= 4 is 11.0 Å². The minimum absolute atomic E-state index is 0.346. The van der Waals surface area contributed by atoms with E-state index in [1.54, 1.807) is 6.07 Å². The molecule has 0 saturated heterocycles. The molecule has 0 aliphatic rings. The summed E-state index contributed by atoms with van der Waals surface area (Å²) >= 11 is 0. The van der Waals surface area contributed by atoms with E-state index in [1.165, 1.54) is 17.2 Å². The van der Waals surface area contributed by atoms with Crippen LogP contribution in [0, 0.1) is 6.92 Å². The van der Waals surface area contributed by atoms with E-state index in [2.05, 4.69) is 39.0 Å². The highest BCUT2D eigenvalue weighted by Crippen LogP contribution is 2.29. The summed E-state index contributed by atoms with van der Waals surface area (Å²) in [7, 11) is 0. The predicted molar refractivity (Wildman–Crippen MR) is 101 cm³/mol. The van der Waals surface area contributed by atoms with Gasteiger partial charge in [0.15, 0.2) is 0 Å². The van der Waals surface area contributed by atoms with E-state index >= 15 is 0 Å². The van der Waals surface area contributed by atoms with E-state index in [9.17, 15) is 4.79 Å². The van der Waals surface area contributed by atoms with E-state index in [1.807, 2.05) is 24.3 Å². The Bertz CT molecular complexity index is 976. The van der Waals surface area contributed by atoms with Gasteiger partial charge in [-0.05, 0) is 51.0 Å². The van der Waals surface area contributed by atoms with Crippen molar-refractivity contribution < 1.29 is 9.15 Å². The Balaban J connectivity index is 1.99. The first-order chi connectivity index (χ1) is 12.0. The molecule has 1 aromatic heterocycles. The molecule has 2 aromatic carbocycles. The van der Waals surface area contributed by atoms with Gasteiger partial charge in [0.2, 0.25) is 0 Å². The number of hydrogen-bond acceptors (Lipinski definition) is 3. The summed E-state index contributed by atoms with van der Waals surface area (Å²) in [5.74, 6) is 0.751. The molecule has 0 bridgehead atoms. The predicted octanol–water partition coefficient (Wildman–Crippen LogP) is 5.19. The second-order valence-electron chi connectivity index (χ2n) is 6.48. The van der Waals surface area contributed by atoms with Crippen molar-refractivity contribution in [3.05, 3.63) is 87.3 Å². The monoisotopic (exact) mass is 334 g/mol. The number of hydrogen-bond donors (Lipinski definition) is 0. The van der Waals surface area contributed by atoms with Gasteiger partial charge in [-0.15, -0.1) is 0 Å². The van der Waals surface area contributed by atoms with Gasteiger partial charge in [-0.2, -0.15) is 0 Å². The van der Waals surface area contributed by atoms with Crippen molar-refractivity contribution in [2.75, 3.05) is 0 Å². The summed E-state index contributed by atoms with van der Waals surface area (Å²) in [5.41, 5.74) is 4.69. The first-order valence-corrected chi connectivity index (χ1v) is 8.40. The first kappa shape index (κ1) is 17.0. The molecule has 1 heterocycles. The molecule has 3 rings (SSSR count). The van der Waals surface area contributed by atoms with Crippen LogP contribution in [0.5, 0.6) is 5.75 Å². The van der Waals surface area contributed by atoms with Gasteiger partial charge in [0, 0.05) is 17.0 Å². The fraction of sp³-hybridized carbons (Fsp3) is 0.227. The Morgan fingerprint density at radius 2 is 1.92 bits per heavy atom. The zero-order valence-electron chi connectivity index (χ0n) is 14.8. The number of fused-ring (bicyclic) bond motifs is 1. The van der Waals surface area contributed by atoms with Crippen LogP contribution in [-0.4, -0.2) is 0 Å². The van der Waals surface area contributed by atoms with Crippen LogP contribution in [0.25, 0.3) is 11.0 Å². The molecule has 3 nitrogen and oxygen atoms in total. The lowest BCUT2D eigenvalue weighted by molar-refractivity contribution is 0.303. The molecule has 0 atom stereocenters. The third kappa shape index (κ3) is 4.18. The third-order valence-electron chi connectivity index (χ3n) is 4.04. The zero-order valence-corrected chi connectivity index (χ0v) is 14.8. The van der Waals surface area contributed by atoms with Crippen molar-refractivity contribution in [1.82, 2.24) is 0 Å². The van der Waals surface area contributed by atoms with Crippen LogP contribution in [-0.2, 0) is 13.0 Å². The molecule has 0 amide bonds. The molecule has 0 aliphatic carbocycles. The molecule has 128 valence electrons. The number of aryl methyl sites for hydroxylation is 1. The molecule has 0 spiro atoms. The molecule has 0 aliphatic heterocycles. The summed E-state index contributed by atoms with van der Waals surface area (Å²) in [6.45, 7) is 6.64. The summed E-state index contributed by atoms with van der Waals surface area (Å²) in [4.78, 5) is 11.7. The van der Waals surface area contributed by atoms with Crippen molar-refractivity contribution in [2.45, 2.75) is 33.8 Å². The van der Waals surface area contributed by atoms with Crippen molar-refractivity contribution in [3.8, 4) is 5.75 Å². The van der Waals surface area contributed by atoms with Crippen LogP contribution in [0.4, 0.5) is 0 Å². The number of ether oxygens (including phenoxy) is 1. The normalized spacial score (nSPS) is 10.7.